The van der Waals surface area contributed by atoms with Crippen LogP contribution in [0.4, 0.5) is 11.6 Å². The van der Waals surface area contributed by atoms with Crippen LogP contribution in [-0.2, 0) is 0 Å². The smallest absolute Gasteiger partial charge is 0.134 e. The summed E-state index contributed by atoms with van der Waals surface area (Å²) in [4.78, 5) is 12.4. The fourth-order valence-corrected chi connectivity index (χ4v) is 1.51. The highest BCUT2D eigenvalue weighted by atomic mass is 15.2. The van der Waals surface area contributed by atoms with E-state index in [4.69, 9.17) is 5.26 Å². The molecule has 0 aliphatic rings. The maximum absolute atomic E-state index is 8.68. The number of aromatic nitrogens is 2. The molecule has 0 bridgehead atoms. The van der Waals surface area contributed by atoms with Crippen LogP contribution in [0.15, 0.2) is 12.4 Å². The van der Waals surface area contributed by atoms with Gasteiger partial charge in [-0.05, 0) is 12.3 Å². The number of hydrogen-bond acceptors (Lipinski definition) is 5. The number of rotatable bonds is 6. The van der Waals surface area contributed by atoms with E-state index >= 15 is 0 Å². The Labute approximate surface area is 109 Å². The second-order valence-corrected chi connectivity index (χ2v) is 4.85. The van der Waals surface area contributed by atoms with Crippen molar-refractivity contribution in [1.29, 1.82) is 5.26 Å². The Balaban J connectivity index is 2.72. The summed E-state index contributed by atoms with van der Waals surface area (Å²) in [6.45, 7) is 5.71. The first-order valence-corrected chi connectivity index (χ1v) is 6.16. The lowest BCUT2D eigenvalue weighted by Crippen LogP contribution is -2.23. The van der Waals surface area contributed by atoms with Crippen LogP contribution in [0.2, 0.25) is 0 Å². The summed E-state index contributed by atoms with van der Waals surface area (Å²) in [6.07, 6.45) is 2.67. The van der Waals surface area contributed by atoms with Gasteiger partial charge in [0.2, 0.25) is 0 Å². The minimum absolute atomic E-state index is 0.326. The Bertz CT molecular complexity index is 410. The minimum Gasteiger partial charge on any atom is -0.360 e. The molecule has 0 atom stereocenters. The molecule has 18 heavy (non-hydrogen) atoms. The van der Waals surface area contributed by atoms with E-state index in [9.17, 15) is 0 Å². The topological polar surface area (TPSA) is 56.0 Å². The summed E-state index contributed by atoms with van der Waals surface area (Å²) in [5.41, 5.74) is 0. The van der Waals surface area contributed by atoms with Crippen molar-refractivity contribution in [3.05, 3.63) is 12.4 Å². The van der Waals surface area contributed by atoms with Gasteiger partial charge in [-0.2, -0.15) is 5.26 Å². The molecule has 0 amide bonds. The largest absolute Gasteiger partial charge is 0.360 e. The monoisotopic (exact) mass is 247 g/mol. The van der Waals surface area contributed by atoms with Gasteiger partial charge in [-0.15, -0.1) is 0 Å². The molecule has 0 aromatic carbocycles. The van der Waals surface area contributed by atoms with E-state index in [1.807, 2.05) is 25.1 Å². The number of nitriles is 1. The van der Waals surface area contributed by atoms with Crippen molar-refractivity contribution in [1.82, 2.24) is 9.97 Å². The molecule has 0 radical (unpaired) electrons. The van der Waals surface area contributed by atoms with Crippen molar-refractivity contribution in [2.75, 3.05) is 37.0 Å². The zero-order chi connectivity index (χ0) is 13.5. The first-order chi connectivity index (χ1) is 8.54. The lowest BCUT2D eigenvalue weighted by molar-refractivity contribution is 0.583. The van der Waals surface area contributed by atoms with Gasteiger partial charge in [0.1, 0.15) is 24.5 Å². The fraction of sp³-hybridized carbons (Fsp3) is 0.615. The molecule has 98 valence electrons. The van der Waals surface area contributed by atoms with Crippen LogP contribution in [0.1, 0.15) is 20.3 Å². The van der Waals surface area contributed by atoms with Crippen molar-refractivity contribution in [3.63, 3.8) is 0 Å². The lowest BCUT2D eigenvalue weighted by Gasteiger charge is -2.21. The Morgan fingerprint density at radius 3 is 2.39 bits per heavy atom. The Morgan fingerprint density at radius 1 is 1.22 bits per heavy atom. The molecule has 0 fully saturated rings. The van der Waals surface area contributed by atoms with Crippen LogP contribution in [0.5, 0.6) is 0 Å². The number of hydrogen-bond donors (Lipinski definition) is 0. The summed E-state index contributed by atoms with van der Waals surface area (Å²) in [5.74, 6) is 2.35. The van der Waals surface area contributed by atoms with Gasteiger partial charge in [-0.1, -0.05) is 13.8 Å². The van der Waals surface area contributed by atoms with Gasteiger partial charge in [-0.25, -0.2) is 9.97 Å². The Hall–Kier alpha value is -1.83. The highest BCUT2D eigenvalue weighted by Gasteiger charge is 2.07. The average molecular weight is 247 g/mol. The van der Waals surface area contributed by atoms with Gasteiger partial charge in [0.25, 0.3) is 0 Å². The molecule has 0 aliphatic carbocycles. The molecular weight excluding hydrogens is 226 g/mol. The van der Waals surface area contributed by atoms with Crippen molar-refractivity contribution in [2.45, 2.75) is 20.3 Å². The average Bonchev–Trinajstić information content (AvgIpc) is 2.36. The summed E-state index contributed by atoms with van der Waals surface area (Å²) >= 11 is 0. The number of nitrogens with zero attached hydrogens (tertiary/aromatic N) is 5. The second kappa shape index (κ2) is 6.80. The van der Waals surface area contributed by atoms with Crippen molar-refractivity contribution in [2.24, 2.45) is 5.92 Å². The fourth-order valence-electron chi connectivity index (χ4n) is 1.51. The van der Waals surface area contributed by atoms with Crippen LogP contribution in [-0.4, -0.2) is 37.2 Å². The lowest BCUT2D eigenvalue weighted by atomic mass is 10.1. The third-order valence-corrected chi connectivity index (χ3v) is 2.77. The Morgan fingerprint density at radius 2 is 1.83 bits per heavy atom. The van der Waals surface area contributed by atoms with E-state index in [1.165, 1.54) is 0 Å². The number of anilines is 2. The van der Waals surface area contributed by atoms with Gasteiger partial charge in [0, 0.05) is 26.7 Å². The highest BCUT2D eigenvalue weighted by Crippen LogP contribution is 2.16. The summed E-state index contributed by atoms with van der Waals surface area (Å²) in [6, 6.07) is 4.02. The van der Waals surface area contributed by atoms with Gasteiger partial charge in [0.05, 0.1) is 6.07 Å². The summed E-state index contributed by atoms with van der Waals surface area (Å²) in [5, 5.41) is 8.68. The molecule has 0 spiro atoms. The van der Waals surface area contributed by atoms with Crippen LogP contribution >= 0.6 is 0 Å². The maximum Gasteiger partial charge on any atom is 0.134 e. The van der Waals surface area contributed by atoms with Crippen LogP contribution in [0.3, 0.4) is 0 Å². The molecule has 1 aromatic heterocycles. The van der Waals surface area contributed by atoms with E-state index in [-0.39, 0.29) is 0 Å². The third kappa shape index (κ3) is 4.21. The molecule has 0 saturated carbocycles. The first kappa shape index (κ1) is 14.2. The zero-order valence-corrected chi connectivity index (χ0v) is 11.6. The molecule has 0 unspecified atom stereocenters. The highest BCUT2D eigenvalue weighted by molar-refractivity contribution is 5.49. The van der Waals surface area contributed by atoms with Gasteiger partial charge < -0.3 is 9.80 Å². The standard InChI is InChI=1S/C13H21N5/c1-11(2)5-7-17(3)12-9-13(16-10-15-12)18(4)8-6-14/h9-11H,5,7-8H2,1-4H3. The van der Waals surface area contributed by atoms with E-state index < -0.39 is 0 Å². The van der Waals surface area contributed by atoms with E-state index in [1.54, 1.807) is 6.33 Å². The molecule has 5 nitrogen and oxygen atoms in total. The van der Waals surface area contributed by atoms with Gasteiger partial charge in [-0.3, -0.25) is 0 Å². The molecule has 0 saturated heterocycles. The quantitative estimate of drug-likeness (QED) is 0.719. The van der Waals surface area contributed by atoms with Crippen molar-refractivity contribution < 1.29 is 0 Å². The van der Waals surface area contributed by atoms with Crippen LogP contribution in [0, 0.1) is 17.2 Å². The molecule has 1 aromatic rings. The normalized spacial score (nSPS) is 10.2. The summed E-state index contributed by atoms with van der Waals surface area (Å²) in [7, 11) is 3.88. The molecule has 0 aliphatic heterocycles. The second-order valence-electron chi connectivity index (χ2n) is 4.85. The molecule has 0 N–H and O–H groups in total. The van der Waals surface area contributed by atoms with Gasteiger partial charge >= 0.3 is 0 Å². The van der Waals surface area contributed by atoms with Crippen LogP contribution in [0.25, 0.3) is 0 Å². The zero-order valence-electron chi connectivity index (χ0n) is 11.6. The van der Waals surface area contributed by atoms with Gasteiger partial charge in [0.15, 0.2) is 0 Å². The maximum atomic E-state index is 8.68. The minimum atomic E-state index is 0.326. The molecule has 1 rings (SSSR count). The molecule has 1 heterocycles. The van der Waals surface area contributed by atoms with Crippen molar-refractivity contribution in [3.8, 4) is 6.07 Å². The molecule has 5 heteroatoms. The first-order valence-electron chi connectivity index (χ1n) is 6.16. The predicted molar refractivity (Wildman–Crippen MR) is 73.6 cm³/mol. The van der Waals surface area contributed by atoms with E-state index in [2.05, 4.69) is 34.8 Å². The SMILES string of the molecule is CC(C)CCN(C)c1cc(N(C)CC#N)ncn1. The molecular formula is C13H21N5. The Kier molecular flexibility index (Phi) is 5.37. The third-order valence-electron chi connectivity index (χ3n) is 2.77. The van der Waals surface area contributed by atoms with Crippen LogP contribution < -0.4 is 9.80 Å². The van der Waals surface area contributed by atoms with Crippen molar-refractivity contribution >= 4 is 11.6 Å². The summed E-state index contributed by atoms with van der Waals surface area (Å²) < 4.78 is 0. The van der Waals surface area contributed by atoms with E-state index in [0.717, 1.165) is 24.6 Å². The van der Waals surface area contributed by atoms with E-state index in [0.29, 0.717) is 12.5 Å². The predicted octanol–water partition coefficient (Wildman–Crippen LogP) is 1.92.